The molecule has 7 nitrogen and oxygen atoms in total. The van der Waals surface area contributed by atoms with Gasteiger partial charge in [0.1, 0.15) is 0 Å². The number of phosphoric acid groups is 2. The molecule has 0 aromatic rings. The first-order valence-electron chi connectivity index (χ1n) is 9.35. The molecule has 0 rings (SSSR count). The lowest BCUT2D eigenvalue weighted by molar-refractivity contribution is 0.190. The van der Waals surface area contributed by atoms with Gasteiger partial charge < -0.3 is 14.7 Å². The minimum absolute atomic E-state index is 0.158. The molecule has 0 radical (unpaired) electrons. The summed E-state index contributed by atoms with van der Waals surface area (Å²) in [7, 11) is -9.90. The smallest absolute Gasteiger partial charge is 0.302 e. The van der Waals surface area contributed by atoms with Gasteiger partial charge in [-0.2, -0.15) is 4.31 Å². The van der Waals surface area contributed by atoms with Gasteiger partial charge >= 0.3 is 15.6 Å². The van der Waals surface area contributed by atoms with Crippen molar-refractivity contribution in [1.82, 2.24) is 0 Å². The lowest BCUT2D eigenvalue weighted by atomic mass is 9.83. The molecule has 1 unspecified atom stereocenters. The van der Waals surface area contributed by atoms with Gasteiger partial charge in [0.2, 0.25) is 0 Å². The highest BCUT2D eigenvalue weighted by Crippen LogP contribution is 2.57. The lowest BCUT2D eigenvalue weighted by Crippen LogP contribution is -2.10. The molecule has 0 aromatic carbocycles. The van der Waals surface area contributed by atoms with Gasteiger partial charge in [0.05, 0.1) is 6.61 Å². The van der Waals surface area contributed by atoms with E-state index >= 15 is 0 Å². The molecule has 0 heterocycles. The van der Waals surface area contributed by atoms with Gasteiger partial charge in [0.15, 0.2) is 0 Å². The second kappa shape index (κ2) is 12.2. The normalized spacial score (nSPS) is 16.0. The summed E-state index contributed by atoms with van der Waals surface area (Å²) in [5, 5.41) is 0. The van der Waals surface area contributed by atoms with Crippen LogP contribution in [0.5, 0.6) is 0 Å². The predicted octanol–water partition coefficient (Wildman–Crippen LogP) is 6.05. The molecule has 0 saturated carbocycles. The number of allylic oxidation sites excluding steroid dienone is 5. The second-order valence-corrected chi connectivity index (χ2v) is 10.9. The van der Waals surface area contributed by atoms with E-state index in [4.69, 9.17) is 9.79 Å². The van der Waals surface area contributed by atoms with Crippen LogP contribution in [0.2, 0.25) is 0 Å². The van der Waals surface area contributed by atoms with Gasteiger partial charge in [0.25, 0.3) is 0 Å². The van der Waals surface area contributed by atoms with E-state index in [9.17, 15) is 14.0 Å². The molecule has 1 atom stereocenters. The standard InChI is InChI=1S/C19H36O7P2/c1-16(2)10-9-12-17(3)11-7-8-13-18(19(4,5)6)14-15-25-28(23,24)26-27(20,21)22/h10-11,14H,7-9,12-13,15H2,1-6H3,(H,23,24)(H2,20,21,22)/b17-11+,18-14-. The van der Waals surface area contributed by atoms with Crippen LogP contribution in [0.3, 0.4) is 0 Å². The monoisotopic (exact) mass is 438 g/mol. The van der Waals surface area contributed by atoms with E-state index < -0.39 is 15.6 Å². The summed E-state index contributed by atoms with van der Waals surface area (Å²) in [6.45, 7) is 12.2. The molecular weight excluding hydrogens is 402 g/mol. The van der Waals surface area contributed by atoms with E-state index in [0.717, 1.165) is 37.7 Å². The Morgan fingerprint density at radius 2 is 1.54 bits per heavy atom. The van der Waals surface area contributed by atoms with Gasteiger partial charge in [-0.3, -0.25) is 4.52 Å². The molecule has 0 fully saturated rings. The van der Waals surface area contributed by atoms with Crippen molar-refractivity contribution in [3.8, 4) is 0 Å². The van der Waals surface area contributed by atoms with Gasteiger partial charge in [-0.05, 0) is 58.3 Å². The van der Waals surface area contributed by atoms with Crippen LogP contribution in [0.15, 0.2) is 34.9 Å². The van der Waals surface area contributed by atoms with Gasteiger partial charge in [-0.25, -0.2) is 9.13 Å². The molecule has 9 heteroatoms. The molecule has 0 aromatic heterocycles. The maximum atomic E-state index is 11.5. The fourth-order valence-electron chi connectivity index (χ4n) is 2.50. The van der Waals surface area contributed by atoms with E-state index in [2.05, 4.69) is 41.8 Å². The SMILES string of the molecule is CC(C)=CCC/C(C)=C/CCC/C(=C/COP(=O)(O)OP(=O)(O)O)C(C)(C)C. The fourth-order valence-corrected chi connectivity index (χ4v) is 4.03. The highest BCUT2D eigenvalue weighted by atomic mass is 31.3. The minimum Gasteiger partial charge on any atom is -0.302 e. The van der Waals surface area contributed by atoms with Crippen LogP contribution in [0.1, 0.15) is 73.6 Å². The number of phosphoric ester groups is 1. The molecule has 0 aliphatic carbocycles. The third-order valence-electron chi connectivity index (χ3n) is 3.97. The van der Waals surface area contributed by atoms with Crippen LogP contribution in [0.4, 0.5) is 0 Å². The molecule has 3 N–H and O–H groups in total. The summed E-state index contributed by atoms with van der Waals surface area (Å²) in [5.74, 6) is 0. The van der Waals surface area contributed by atoms with Gasteiger partial charge in [-0.1, -0.05) is 55.7 Å². The van der Waals surface area contributed by atoms with Crippen LogP contribution in [-0.4, -0.2) is 21.3 Å². The zero-order valence-corrected chi connectivity index (χ0v) is 19.6. The number of rotatable bonds is 12. The van der Waals surface area contributed by atoms with Crippen molar-refractivity contribution in [3.05, 3.63) is 34.9 Å². The van der Waals surface area contributed by atoms with Crippen LogP contribution < -0.4 is 0 Å². The van der Waals surface area contributed by atoms with Crippen molar-refractivity contribution >= 4 is 15.6 Å². The maximum Gasteiger partial charge on any atom is 0.481 e. The minimum atomic E-state index is -5.10. The van der Waals surface area contributed by atoms with Gasteiger partial charge in [-0.15, -0.1) is 0 Å². The Balaban J connectivity index is 4.65. The Labute approximate surface area is 169 Å². The number of hydrogen-bond acceptors (Lipinski definition) is 4. The highest BCUT2D eigenvalue weighted by molar-refractivity contribution is 7.60. The molecule has 164 valence electrons. The average Bonchev–Trinajstić information content (AvgIpc) is 2.45. The highest BCUT2D eigenvalue weighted by Gasteiger charge is 2.32. The van der Waals surface area contributed by atoms with Crippen LogP contribution in [0.25, 0.3) is 0 Å². The second-order valence-electron chi connectivity index (χ2n) is 8.08. The average molecular weight is 438 g/mol. The summed E-state index contributed by atoms with van der Waals surface area (Å²) in [6.07, 6.45) is 10.9. The van der Waals surface area contributed by atoms with E-state index in [0.29, 0.717) is 0 Å². The Morgan fingerprint density at radius 3 is 2.04 bits per heavy atom. The first-order chi connectivity index (χ1) is 12.6. The zero-order valence-electron chi connectivity index (χ0n) is 17.8. The molecule has 0 amide bonds. The van der Waals surface area contributed by atoms with E-state index in [-0.39, 0.29) is 12.0 Å². The maximum absolute atomic E-state index is 11.5. The van der Waals surface area contributed by atoms with Crippen molar-refractivity contribution in [1.29, 1.82) is 0 Å². The summed E-state index contributed by atoms with van der Waals surface area (Å²) in [4.78, 5) is 26.5. The largest absolute Gasteiger partial charge is 0.481 e. The zero-order chi connectivity index (χ0) is 22.0. The molecule has 0 saturated heterocycles. The molecular formula is C19H36O7P2. The summed E-state index contributed by atoms with van der Waals surface area (Å²) in [5.41, 5.74) is 3.57. The third kappa shape index (κ3) is 15.4. The van der Waals surface area contributed by atoms with Crippen LogP contribution in [-0.2, 0) is 18.0 Å². The molecule has 0 aliphatic rings. The van der Waals surface area contributed by atoms with Crippen LogP contribution >= 0.6 is 15.6 Å². The van der Waals surface area contributed by atoms with Crippen molar-refractivity contribution in [2.45, 2.75) is 73.6 Å². The third-order valence-corrected chi connectivity index (χ3v) is 6.13. The Bertz CT molecular complexity index is 662. The van der Waals surface area contributed by atoms with Crippen molar-refractivity contribution < 1.29 is 32.6 Å². The van der Waals surface area contributed by atoms with Crippen LogP contribution in [0, 0.1) is 5.41 Å². The summed E-state index contributed by atoms with van der Waals surface area (Å²) in [6, 6.07) is 0. The van der Waals surface area contributed by atoms with E-state index in [1.165, 1.54) is 11.1 Å². The molecule has 0 bridgehead atoms. The van der Waals surface area contributed by atoms with Crippen molar-refractivity contribution in [2.24, 2.45) is 5.41 Å². The van der Waals surface area contributed by atoms with E-state index in [1.54, 1.807) is 6.08 Å². The summed E-state index contributed by atoms with van der Waals surface area (Å²) < 4.78 is 30.6. The Kier molecular flexibility index (Phi) is 12.0. The molecule has 0 spiro atoms. The first-order valence-corrected chi connectivity index (χ1v) is 12.4. The lowest BCUT2D eigenvalue weighted by Gasteiger charge is -2.23. The fraction of sp³-hybridized carbons (Fsp3) is 0.684. The number of unbranched alkanes of at least 4 members (excludes halogenated alkanes) is 1. The Morgan fingerprint density at radius 1 is 0.929 bits per heavy atom. The molecule has 28 heavy (non-hydrogen) atoms. The van der Waals surface area contributed by atoms with Gasteiger partial charge in [0, 0.05) is 0 Å². The van der Waals surface area contributed by atoms with E-state index in [1.807, 2.05) is 20.8 Å². The molecule has 0 aliphatic heterocycles. The number of hydrogen-bond donors (Lipinski definition) is 3. The first kappa shape index (κ1) is 27.5. The quantitative estimate of drug-likeness (QED) is 0.193. The van der Waals surface area contributed by atoms with Crippen molar-refractivity contribution in [3.63, 3.8) is 0 Å². The Hall–Kier alpha value is -0.520. The van der Waals surface area contributed by atoms with Crippen molar-refractivity contribution in [2.75, 3.05) is 6.61 Å². The topological polar surface area (TPSA) is 113 Å². The predicted molar refractivity (Wildman–Crippen MR) is 113 cm³/mol. The summed E-state index contributed by atoms with van der Waals surface area (Å²) >= 11 is 0.